The van der Waals surface area contributed by atoms with Gasteiger partial charge in [0.1, 0.15) is 5.75 Å². The van der Waals surface area contributed by atoms with E-state index in [-0.39, 0.29) is 5.54 Å². The summed E-state index contributed by atoms with van der Waals surface area (Å²) in [5.41, 5.74) is 5.48. The van der Waals surface area contributed by atoms with Crippen molar-refractivity contribution in [3.8, 4) is 5.75 Å². The van der Waals surface area contributed by atoms with Crippen LogP contribution in [-0.2, 0) is 0 Å². The first-order valence-corrected chi connectivity index (χ1v) is 5.09. The van der Waals surface area contributed by atoms with E-state index >= 15 is 0 Å². The van der Waals surface area contributed by atoms with Gasteiger partial charge in [-0.3, -0.25) is 0 Å². The number of ether oxygens (including phenoxy) is 1. The van der Waals surface area contributed by atoms with Crippen LogP contribution in [0.15, 0.2) is 29.4 Å². The summed E-state index contributed by atoms with van der Waals surface area (Å²) in [5.74, 6) is 0.879. The quantitative estimate of drug-likeness (QED) is 0.801. The molecule has 0 unspecified atom stereocenters. The van der Waals surface area contributed by atoms with Crippen molar-refractivity contribution < 1.29 is 4.74 Å². The monoisotopic (exact) mass is 204 g/mol. The van der Waals surface area contributed by atoms with Crippen molar-refractivity contribution in [1.82, 2.24) is 5.43 Å². The molecular formula is C12H16N2O. The molecule has 0 spiro atoms. The first-order valence-electron chi connectivity index (χ1n) is 5.09. The molecule has 1 heterocycles. The van der Waals surface area contributed by atoms with E-state index in [1.165, 1.54) is 0 Å². The largest absolute Gasteiger partial charge is 0.497 e. The van der Waals surface area contributed by atoms with Crippen LogP contribution in [0.3, 0.4) is 0 Å². The second kappa shape index (κ2) is 3.57. The molecule has 1 aliphatic heterocycles. The van der Waals surface area contributed by atoms with Crippen LogP contribution >= 0.6 is 0 Å². The topological polar surface area (TPSA) is 33.6 Å². The Morgan fingerprint density at radius 2 is 1.93 bits per heavy atom. The van der Waals surface area contributed by atoms with Crippen LogP contribution < -0.4 is 10.2 Å². The third kappa shape index (κ3) is 2.12. The number of hydrogen-bond donors (Lipinski definition) is 1. The second-order valence-corrected chi connectivity index (χ2v) is 4.46. The highest BCUT2D eigenvalue weighted by Gasteiger charge is 2.26. The number of nitrogens with zero attached hydrogens (tertiary/aromatic N) is 1. The molecule has 1 N–H and O–H groups in total. The van der Waals surface area contributed by atoms with Gasteiger partial charge in [-0.2, -0.15) is 5.10 Å². The fraction of sp³-hybridized carbons (Fsp3) is 0.417. The lowest BCUT2D eigenvalue weighted by Crippen LogP contribution is -2.30. The molecule has 2 rings (SSSR count). The molecule has 0 bridgehead atoms. The minimum absolute atomic E-state index is 0.0786. The molecule has 15 heavy (non-hydrogen) atoms. The van der Waals surface area contributed by atoms with Gasteiger partial charge in [0.15, 0.2) is 0 Å². The lowest BCUT2D eigenvalue weighted by atomic mass is 9.96. The van der Waals surface area contributed by atoms with Crippen molar-refractivity contribution >= 4 is 5.71 Å². The second-order valence-electron chi connectivity index (χ2n) is 4.46. The van der Waals surface area contributed by atoms with Crippen LogP contribution in [0.25, 0.3) is 0 Å². The molecule has 0 saturated carbocycles. The number of benzene rings is 1. The summed E-state index contributed by atoms with van der Waals surface area (Å²) >= 11 is 0. The summed E-state index contributed by atoms with van der Waals surface area (Å²) in [4.78, 5) is 0. The number of methoxy groups -OCH3 is 1. The van der Waals surface area contributed by atoms with Gasteiger partial charge in [0.25, 0.3) is 0 Å². The molecule has 1 aromatic rings. The Morgan fingerprint density at radius 3 is 2.40 bits per heavy atom. The van der Waals surface area contributed by atoms with Crippen molar-refractivity contribution in [2.45, 2.75) is 25.8 Å². The van der Waals surface area contributed by atoms with E-state index in [1.807, 2.05) is 24.3 Å². The molecule has 0 radical (unpaired) electrons. The Morgan fingerprint density at radius 1 is 1.27 bits per heavy atom. The predicted molar refractivity (Wildman–Crippen MR) is 61.4 cm³/mol. The third-order valence-electron chi connectivity index (χ3n) is 2.53. The molecular weight excluding hydrogens is 188 g/mol. The Hall–Kier alpha value is -1.51. The number of hydrazone groups is 1. The SMILES string of the molecule is COc1ccc(C2=NNC(C)(C)C2)cc1. The van der Waals surface area contributed by atoms with Crippen LogP contribution in [-0.4, -0.2) is 18.4 Å². The molecule has 0 saturated heterocycles. The van der Waals surface area contributed by atoms with E-state index in [2.05, 4.69) is 24.4 Å². The maximum Gasteiger partial charge on any atom is 0.118 e. The Kier molecular flexibility index (Phi) is 2.39. The van der Waals surface area contributed by atoms with Crippen molar-refractivity contribution in [3.05, 3.63) is 29.8 Å². The van der Waals surface area contributed by atoms with Gasteiger partial charge >= 0.3 is 0 Å². The van der Waals surface area contributed by atoms with Crippen LogP contribution in [0.1, 0.15) is 25.8 Å². The summed E-state index contributed by atoms with van der Waals surface area (Å²) in [6.07, 6.45) is 0.958. The zero-order valence-corrected chi connectivity index (χ0v) is 9.37. The summed E-state index contributed by atoms with van der Waals surface area (Å²) in [6, 6.07) is 8.01. The van der Waals surface area contributed by atoms with Crippen molar-refractivity contribution in [2.75, 3.05) is 7.11 Å². The van der Waals surface area contributed by atoms with Gasteiger partial charge in [0.2, 0.25) is 0 Å². The number of hydrogen-bond acceptors (Lipinski definition) is 3. The Bertz CT molecular complexity index is 379. The predicted octanol–water partition coefficient (Wildman–Crippen LogP) is 2.17. The first-order chi connectivity index (χ1) is 7.11. The molecule has 0 aliphatic carbocycles. The van der Waals surface area contributed by atoms with Gasteiger partial charge in [-0.25, -0.2) is 0 Å². The first kappa shape index (κ1) is 10.0. The normalized spacial score (nSPS) is 18.2. The van der Waals surface area contributed by atoms with Gasteiger partial charge in [0.05, 0.1) is 18.4 Å². The number of nitrogens with one attached hydrogen (secondary N) is 1. The molecule has 0 fully saturated rings. The van der Waals surface area contributed by atoms with E-state index in [0.717, 1.165) is 23.4 Å². The smallest absolute Gasteiger partial charge is 0.118 e. The third-order valence-corrected chi connectivity index (χ3v) is 2.53. The maximum atomic E-state index is 5.12. The summed E-state index contributed by atoms with van der Waals surface area (Å²) < 4.78 is 5.12. The molecule has 3 nitrogen and oxygen atoms in total. The molecule has 0 atom stereocenters. The highest BCUT2D eigenvalue weighted by molar-refractivity contribution is 6.02. The molecule has 1 aliphatic rings. The zero-order chi connectivity index (χ0) is 10.9. The average Bonchev–Trinajstić information content (AvgIpc) is 2.59. The van der Waals surface area contributed by atoms with Crippen LogP contribution in [0, 0.1) is 0 Å². The van der Waals surface area contributed by atoms with Crippen LogP contribution in [0.2, 0.25) is 0 Å². The molecule has 3 heteroatoms. The molecule has 80 valence electrons. The molecule has 0 amide bonds. The van der Waals surface area contributed by atoms with Crippen molar-refractivity contribution in [2.24, 2.45) is 5.10 Å². The average molecular weight is 204 g/mol. The standard InChI is InChI=1S/C12H16N2O/c1-12(2)8-11(13-14-12)9-4-6-10(15-3)7-5-9/h4-7,14H,8H2,1-3H3. The van der Waals surface area contributed by atoms with E-state index in [0.29, 0.717) is 0 Å². The lowest BCUT2D eigenvalue weighted by molar-refractivity contribution is 0.415. The van der Waals surface area contributed by atoms with E-state index in [4.69, 9.17) is 4.74 Å². The van der Waals surface area contributed by atoms with Crippen LogP contribution in [0.4, 0.5) is 0 Å². The van der Waals surface area contributed by atoms with Gasteiger partial charge < -0.3 is 10.2 Å². The lowest BCUT2D eigenvalue weighted by Gasteiger charge is -2.15. The number of rotatable bonds is 2. The molecule has 0 aromatic heterocycles. The van der Waals surface area contributed by atoms with Gasteiger partial charge in [-0.05, 0) is 43.7 Å². The van der Waals surface area contributed by atoms with E-state index in [9.17, 15) is 0 Å². The zero-order valence-electron chi connectivity index (χ0n) is 9.37. The molecule has 1 aromatic carbocycles. The summed E-state index contributed by atoms with van der Waals surface area (Å²) in [7, 11) is 1.67. The summed E-state index contributed by atoms with van der Waals surface area (Å²) in [6.45, 7) is 4.29. The Balaban J connectivity index is 2.18. The van der Waals surface area contributed by atoms with Gasteiger partial charge in [0, 0.05) is 6.42 Å². The van der Waals surface area contributed by atoms with Crippen LogP contribution in [0.5, 0.6) is 5.75 Å². The fourth-order valence-electron chi connectivity index (χ4n) is 1.67. The van der Waals surface area contributed by atoms with Gasteiger partial charge in [-0.15, -0.1) is 0 Å². The van der Waals surface area contributed by atoms with E-state index < -0.39 is 0 Å². The summed E-state index contributed by atoms with van der Waals surface area (Å²) in [5, 5.41) is 4.34. The van der Waals surface area contributed by atoms with Gasteiger partial charge in [-0.1, -0.05) is 0 Å². The van der Waals surface area contributed by atoms with E-state index in [1.54, 1.807) is 7.11 Å². The Labute approximate surface area is 90.1 Å². The minimum atomic E-state index is 0.0786. The maximum absolute atomic E-state index is 5.12. The minimum Gasteiger partial charge on any atom is -0.497 e. The highest BCUT2D eigenvalue weighted by atomic mass is 16.5. The van der Waals surface area contributed by atoms with Crippen molar-refractivity contribution in [3.63, 3.8) is 0 Å². The fourth-order valence-corrected chi connectivity index (χ4v) is 1.67. The highest BCUT2D eigenvalue weighted by Crippen LogP contribution is 2.21. The van der Waals surface area contributed by atoms with Crippen molar-refractivity contribution in [1.29, 1.82) is 0 Å².